The Hall–Kier alpha value is -1.31. The van der Waals surface area contributed by atoms with Gasteiger partial charge in [-0.3, -0.25) is 4.18 Å². The van der Waals surface area contributed by atoms with Crippen LogP contribution >= 0.6 is 11.6 Å². The SMILES string of the molecule is CC1CN(C(=O)O)C(C(C)(C)C)C1OS(=O)(=O)c1ccc(Cl)cc1. The maximum Gasteiger partial charge on any atom is 0.407 e. The lowest BCUT2D eigenvalue weighted by Crippen LogP contribution is -2.48. The van der Waals surface area contributed by atoms with E-state index in [1.807, 2.05) is 20.8 Å². The predicted molar refractivity (Wildman–Crippen MR) is 90.6 cm³/mol. The Labute approximate surface area is 147 Å². The van der Waals surface area contributed by atoms with E-state index in [1.54, 1.807) is 6.92 Å². The van der Waals surface area contributed by atoms with Crippen molar-refractivity contribution in [1.29, 1.82) is 0 Å². The van der Waals surface area contributed by atoms with E-state index < -0.39 is 33.8 Å². The van der Waals surface area contributed by atoms with E-state index in [0.29, 0.717) is 5.02 Å². The highest BCUT2D eigenvalue weighted by Crippen LogP contribution is 2.39. The molecule has 1 heterocycles. The normalized spacial score (nSPS) is 25.0. The molecule has 1 amide bonds. The molecule has 3 unspecified atom stereocenters. The fourth-order valence-corrected chi connectivity index (χ4v) is 4.42. The van der Waals surface area contributed by atoms with Gasteiger partial charge in [-0.25, -0.2) is 4.79 Å². The van der Waals surface area contributed by atoms with Gasteiger partial charge in [-0.2, -0.15) is 8.42 Å². The first-order valence-electron chi connectivity index (χ1n) is 7.62. The molecule has 1 saturated heterocycles. The van der Waals surface area contributed by atoms with Crippen LogP contribution in [0.2, 0.25) is 5.02 Å². The van der Waals surface area contributed by atoms with Crippen LogP contribution in [-0.2, 0) is 14.3 Å². The summed E-state index contributed by atoms with van der Waals surface area (Å²) in [4.78, 5) is 12.8. The molecule has 3 atom stereocenters. The maximum atomic E-state index is 12.6. The van der Waals surface area contributed by atoms with Gasteiger partial charge in [0.2, 0.25) is 0 Å². The Morgan fingerprint density at radius 2 is 1.83 bits per heavy atom. The Balaban J connectivity index is 2.35. The largest absolute Gasteiger partial charge is 0.465 e. The Kier molecular flexibility index (Phi) is 5.18. The highest BCUT2D eigenvalue weighted by Gasteiger charge is 2.50. The maximum absolute atomic E-state index is 12.6. The van der Waals surface area contributed by atoms with E-state index in [2.05, 4.69) is 0 Å². The molecule has 24 heavy (non-hydrogen) atoms. The van der Waals surface area contributed by atoms with Crippen LogP contribution in [0.5, 0.6) is 0 Å². The summed E-state index contributed by atoms with van der Waals surface area (Å²) in [6.07, 6.45) is -1.82. The minimum Gasteiger partial charge on any atom is -0.465 e. The molecule has 6 nitrogen and oxygen atoms in total. The minimum absolute atomic E-state index is 0.000495. The minimum atomic E-state index is -4.01. The molecule has 0 aliphatic carbocycles. The van der Waals surface area contributed by atoms with E-state index in [0.717, 1.165) is 0 Å². The van der Waals surface area contributed by atoms with Gasteiger partial charge < -0.3 is 10.0 Å². The summed E-state index contributed by atoms with van der Waals surface area (Å²) < 4.78 is 30.6. The zero-order valence-electron chi connectivity index (χ0n) is 14.1. The van der Waals surface area contributed by atoms with Crippen LogP contribution in [0.1, 0.15) is 27.7 Å². The number of likely N-dealkylation sites (tertiary alicyclic amines) is 1. The number of amides is 1. The highest BCUT2D eigenvalue weighted by molar-refractivity contribution is 7.86. The van der Waals surface area contributed by atoms with Crippen molar-refractivity contribution >= 4 is 27.8 Å². The van der Waals surface area contributed by atoms with Crippen molar-refractivity contribution in [2.24, 2.45) is 11.3 Å². The Bertz CT molecular complexity index is 711. The van der Waals surface area contributed by atoms with Crippen LogP contribution in [-0.4, -0.2) is 43.2 Å². The Morgan fingerprint density at radius 1 is 1.29 bits per heavy atom. The lowest BCUT2D eigenvalue weighted by molar-refractivity contribution is 0.0540. The molecule has 1 aliphatic heterocycles. The lowest BCUT2D eigenvalue weighted by atomic mass is 9.82. The summed E-state index contributed by atoms with van der Waals surface area (Å²) in [5.41, 5.74) is -0.469. The number of rotatable bonds is 3. The third-order valence-corrected chi connectivity index (χ3v) is 5.74. The fraction of sp³-hybridized carbons (Fsp3) is 0.562. The molecule has 1 aliphatic rings. The molecular weight excluding hydrogens is 354 g/mol. The summed E-state index contributed by atoms with van der Waals surface area (Å²) in [6.45, 7) is 7.65. The van der Waals surface area contributed by atoms with Gasteiger partial charge in [-0.15, -0.1) is 0 Å². The molecule has 2 rings (SSSR count). The molecule has 1 aromatic rings. The van der Waals surface area contributed by atoms with Gasteiger partial charge >= 0.3 is 6.09 Å². The van der Waals surface area contributed by atoms with Crippen LogP contribution in [0.3, 0.4) is 0 Å². The van der Waals surface area contributed by atoms with Crippen molar-refractivity contribution in [3.8, 4) is 0 Å². The van der Waals surface area contributed by atoms with Crippen LogP contribution in [0.15, 0.2) is 29.2 Å². The van der Waals surface area contributed by atoms with Gasteiger partial charge in [0.15, 0.2) is 0 Å². The lowest BCUT2D eigenvalue weighted by Gasteiger charge is -2.36. The second-order valence-corrected chi connectivity index (χ2v) is 9.20. The molecule has 1 N–H and O–H groups in total. The van der Waals surface area contributed by atoms with Crippen molar-refractivity contribution in [2.75, 3.05) is 6.54 Å². The first-order chi connectivity index (χ1) is 10.9. The molecule has 0 saturated carbocycles. The van der Waals surface area contributed by atoms with E-state index >= 15 is 0 Å². The van der Waals surface area contributed by atoms with Gasteiger partial charge in [0, 0.05) is 17.5 Å². The van der Waals surface area contributed by atoms with Crippen molar-refractivity contribution in [3.63, 3.8) is 0 Å². The first kappa shape index (κ1) is 19.0. The van der Waals surface area contributed by atoms with Crippen molar-refractivity contribution in [1.82, 2.24) is 4.90 Å². The van der Waals surface area contributed by atoms with E-state index in [4.69, 9.17) is 15.8 Å². The number of hydrogen-bond acceptors (Lipinski definition) is 4. The third-order valence-electron chi connectivity index (χ3n) is 4.17. The monoisotopic (exact) mass is 375 g/mol. The zero-order chi connectivity index (χ0) is 18.3. The molecule has 1 fully saturated rings. The van der Waals surface area contributed by atoms with Gasteiger partial charge in [-0.05, 0) is 29.7 Å². The number of nitrogens with zero attached hydrogens (tertiary/aromatic N) is 1. The van der Waals surface area contributed by atoms with Gasteiger partial charge in [0.25, 0.3) is 10.1 Å². The number of hydrogen-bond donors (Lipinski definition) is 1. The van der Waals surface area contributed by atoms with Gasteiger partial charge in [0.1, 0.15) is 6.10 Å². The van der Waals surface area contributed by atoms with E-state index in [-0.39, 0.29) is 17.4 Å². The van der Waals surface area contributed by atoms with E-state index in [1.165, 1.54) is 29.2 Å². The number of halogens is 1. The smallest absolute Gasteiger partial charge is 0.407 e. The summed E-state index contributed by atoms with van der Waals surface area (Å²) in [6, 6.07) is 5.13. The van der Waals surface area contributed by atoms with Crippen molar-refractivity contribution in [2.45, 2.75) is 44.7 Å². The predicted octanol–water partition coefficient (Wildman–Crippen LogP) is 3.46. The molecule has 134 valence electrons. The third kappa shape index (κ3) is 3.84. The van der Waals surface area contributed by atoms with Crippen LogP contribution in [0, 0.1) is 11.3 Å². The van der Waals surface area contributed by atoms with E-state index in [9.17, 15) is 18.3 Å². The molecular formula is C16H22ClNO5S. The second kappa shape index (κ2) is 6.54. The van der Waals surface area contributed by atoms with Crippen LogP contribution in [0.4, 0.5) is 4.79 Å². The van der Waals surface area contributed by atoms with Crippen LogP contribution in [0.25, 0.3) is 0 Å². The van der Waals surface area contributed by atoms with Gasteiger partial charge in [0.05, 0.1) is 10.9 Å². The number of carbonyl (C=O) groups is 1. The highest BCUT2D eigenvalue weighted by atomic mass is 35.5. The summed E-state index contributed by atoms with van der Waals surface area (Å²) >= 11 is 5.78. The molecule has 0 bridgehead atoms. The molecule has 8 heteroatoms. The first-order valence-corrected chi connectivity index (χ1v) is 9.40. The summed E-state index contributed by atoms with van der Waals surface area (Å²) in [7, 11) is -4.01. The quantitative estimate of drug-likeness (QED) is 0.818. The molecule has 0 aromatic heterocycles. The summed E-state index contributed by atoms with van der Waals surface area (Å²) in [5.74, 6) is -0.243. The number of benzene rings is 1. The Morgan fingerprint density at radius 3 is 2.29 bits per heavy atom. The average molecular weight is 376 g/mol. The van der Waals surface area contributed by atoms with Crippen molar-refractivity contribution in [3.05, 3.63) is 29.3 Å². The number of carboxylic acid groups (broad SMARTS) is 1. The average Bonchev–Trinajstić information content (AvgIpc) is 2.76. The molecule has 0 radical (unpaired) electrons. The second-order valence-electron chi connectivity index (χ2n) is 7.19. The molecule has 1 aromatic carbocycles. The van der Waals surface area contributed by atoms with Crippen molar-refractivity contribution < 1.29 is 22.5 Å². The summed E-state index contributed by atoms with van der Waals surface area (Å²) in [5, 5.41) is 9.86. The van der Waals surface area contributed by atoms with Crippen LogP contribution < -0.4 is 0 Å². The topological polar surface area (TPSA) is 83.9 Å². The standard InChI is InChI=1S/C16H22ClNO5S/c1-10-9-18(15(19)20)14(16(2,3)4)13(10)23-24(21,22)12-7-5-11(17)6-8-12/h5-8,10,13-14H,9H2,1-4H3,(H,19,20). The van der Waals surface area contributed by atoms with Gasteiger partial charge in [-0.1, -0.05) is 39.3 Å². The molecule has 0 spiro atoms. The fourth-order valence-electron chi connectivity index (χ4n) is 3.12. The zero-order valence-corrected chi connectivity index (χ0v) is 15.6.